The fourth-order valence-electron chi connectivity index (χ4n) is 1.76. The molecule has 2 atom stereocenters. The van der Waals surface area contributed by atoms with Crippen molar-refractivity contribution in [3.63, 3.8) is 0 Å². The summed E-state index contributed by atoms with van der Waals surface area (Å²) in [5.74, 6) is 0.0247. The molecule has 1 amide bonds. The highest BCUT2D eigenvalue weighted by atomic mass is 79.9. The molecule has 0 saturated carbocycles. The zero-order chi connectivity index (χ0) is 13.8. The monoisotopic (exact) mass is 311 g/mol. The summed E-state index contributed by atoms with van der Waals surface area (Å²) in [6, 6.07) is 9.95. The quantitative estimate of drug-likeness (QED) is 0.822. The topological polar surface area (TPSA) is 29.1 Å². The van der Waals surface area contributed by atoms with Gasteiger partial charge in [0.05, 0.1) is 5.92 Å². The number of nitrogens with one attached hydrogen (secondary N) is 1. The second kappa shape index (κ2) is 6.37. The Balaban J connectivity index is 2.82. The molecule has 0 aromatic heterocycles. The molecular formula is C15H22BrNO. The molecule has 0 fully saturated rings. The second-order valence-electron chi connectivity index (χ2n) is 5.20. The van der Waals surface area contributed by atoms with Gasteiger partial charge in [0.2, 0.25) is 5.91 Å². The smallest absolute Gasteiger partial charge is 0.227 e. The van der Waals surface area contributed by atoms with Crippen LogP contribution in [0.2, 0.25) is 0 Å². The lowest BCUT2D eigenvalue weighted by molar-refractivity contribution is -0.124. The van der Waals surface area contributed by atoms with Crippen molar-refractivity contribution in [2.75, 3.05) is 0 Å². The summed E-state index contributed by atoms with van der Waals surface area (Å²) in [6.45, 7) is 8.15. The van der Waals surface area contributed by atoms with Crippen molar-refractivity contribution in [1.29, 1.82) is 0 Å². The molecule has 0 aliphatic heterocycles. The molecule has 1 rings (SSSR count). The van der Waals surface area contributed by atoms with Gasteiger partial charge in [-0.05, 0) is 25.8 Å². The van der Waals surface area contributed by atoms with Gasteiger partial charge < -0.3 is 5.32 Å². The van der Waals surface area contributed by atoms with E-state index in [0.717, 1.165) is 12.0 Å². The Morgan fingerprint density at radius 1 is 1.33 bits per heavy atom. The Kier molecular flexibility index (Phi) is 5.39. The van der Waals surface area contributed by atoms with Gasteiger partial charge in [0, 0.05) is 10.4 Å². The first-order chi connectivity index (χ1) is 8.38. The van der Waals surface area contributed by atoms with E-state index < -0.39 is 0 Å². The van der Waals surface area contributed by atoms with E-state index in [-0.39, 0.29) is 22.2 Å². The van der Waals surface area contributed by atoms with E-state index >= 15 is 0 Å². The highest BCUT2D eigenvalue weighted by Crippen LogP contribution is 2.23. The van der Waals surface area contributed by atoms with E-state index in [0.29, 0.717) is 0 Å². The van der Waals surface area contributed by atoms with Crippen LogP contribution in [0.15, 0.2) is 30.3 Å². The van der Waals surface area contributed by atoms with E-state index in [4.69, 9.17) is 0 Å². The van der Waals surface area contributed by atoms with Crippen molar-refractivity contribution in [3.05, 3.63) is 35.9 Å². The fraction of sp³-hybridized carbons (Fsp3) is 0.533. The summed E-state index contributed by atoms with van der Waals surface area (Å²) in [7, 11) is 0. The third-order valence-electron chi connectivity index (χ3n) is 3.37. The number of amides is 1. The van der Waals surface area contributed by atoms with Crippen LogP contribution in [-0.4, -0.2) is 16.3 Å². The Morgan fingerprint density at radius 3 is 2.33 bits per heavy atom. The second-order valence-corrected chi connectivity index (χ2v) is 6.57. The number of halogens is 1. The van der Waals surface area contributed by atoms with Crippen LogP contribution < -0.4 is 5.32 Å². The van der Waals surface area contributed by atoms with E-state index in [1.54, 1.807) is 0 Å². The maximum absolute atomic E-state index is 12.4. The Hall–Kier alpha value is -0.830. The summed E-state index contributed by atoms with van der Waals surface area (Å²) in [5, 5.41) is 3.12. The maximum atomic E-state index is 12.4. The molecule has 1 aromatic carbocycles. The predicted octanol–water partition coefficient (Wildman–Crippen LogP) is 3.86. The van der Waals surface area contributed by atoms with Gasteiger partial charge in [-0.15, -0.1) is 0 Å². The molecule has 0 saturated heterocycles. The standard InChI is InChI=1S/C15H22BrNO/c1-5-13(12-9-7-6-8-10-12)14(18)17-15(3,4)11(2)16/h6-11,13H,5H2,1-4H3,(H,17,18). The number of hydrogen-bond donors (Lipinski definition) is 1. The number of carbonyl (C=O) groups excluding carboxylic acids is 1. The van der Waals surface area contributed by atoms with E-state index in [1.807, 2.05) is 58.0 Å². The molecule has 2 unspecified atom stereocenters. The van der Waals surface area contributed by atoms with Crippen molar-refractivity contribution < 1.29 is 4.79 Å². The van der Waals surface area contributed by atoms with Crippen molar-refractivity contribution in [2.24, 2.45) is 0 Å². The number of benzene rings is 1. The molecule has 0 radical (unpaired) electrons. The van der Waals surface area contributed by atoms with Gasteiger partial charge in [0.25, 0.3) is 0 Å². The third-order valence-corrected chi connectivity index (χ3v) is 4.51. The van der Waals surface area contributed by atoms with Gasteiger partial charge in [0.1, 0.15) is 0 Å². The number of rotatable bonds is 5. The van der Waals surface area contributed by atoms with Crippen molar-refractivity contribution in [2.45, 2.75) is 50.4 Å². The molecule has 0 bridgehead atoms. The third kappa shape index (κ3) is 3.84. The van der Waals surface area contributed by atoms with Crippen LogP contribution in [0, 0.1) is 0 Å². The highest BCUT2D eigenvalue weighted by Gasteiger charge is 2.29. The average Bonchev–Trinajstić information content (AvgIpc) is 2.30. The van der Waals surface area contributed by atoms with Crippen LogP contribution in [0.5, 0.6) is 0 Å². The predicted molar refractivity (Wildman–Crippen MR) is 80.1 cm³/mol. The first-order valence-electron chi connectivity index (χ1n) is 6.39. The first-order valence-corrected chi connectivity index (χ1v) is 7.31. The van der Waals surface area contributed by atoms with Gasteiger partial charge in [-0.1, -0.05) is 60.1 Å². The van der Waals surface area contributed by atoms with Crippen LogP contribution in [0.1, 0.15) is 45.6 Å². The van der Waals surface area contributed by atoms with Crippen molar-refractivity contribution in [3.8, 4) is 0 Å². The van der Waals surface area contributed by atoms with Crippen molar-refractivity contribution in [1.82, 2.24) is 5.32 Å². The van der Waals surface area contributed by atoms with Crippen LogP contribution in [0.4, 0.5) is 0 Å². The lowest BCUT2D eigenvalue weighted by atomic mass is 9.93. The molecule has 0 spiro atoms. The number of hydrogen-bond acceptors (Lipinski definition) is 1. The molecule has 1 N–H and O–H groups in total. The lowest BCUT2D eigenvalue weighted by Crippen LogP contribution is -2.50. The van der Waals surface area contributed by atoms with E-state index in [2.05, 4.69) is 21.2 Å². The van der Waals surface area contributed by atoms with Crippen LogP contribution in [-0.2, 0) is 4.79 Å². The zero-order valence-corrected chi connectivity index (χ0v) is 13.1. The molecule has 2 nitrogen and oxygen atoms in total. The van der Waals surface area contributed by atoms with Crippen LogP contribution in [0.3, 0.4) is 0 Å². The van der Waals surface area contributed by atoms with Gasteiger partial charge in [-0.3, -0.25) is 4.79 Å². The largest absolute Gasteiger partial charge is 0.350 e. The summed E-state index contributed by atoms with van der Waals surface area (Å²) < 4.78 is 0. The van der Waals surface area contributed by atoms with Gasteiger partial charge in [-0.2, -0.15) is 0 Å². The Bertz CT molecular complexity index is 387. The van der Waals surface area contributed by atoms with Gasteiger partial charge in [0.15, 0.2) is 0 Å². The molecule has 3 heteroatoms. The van der Waals surface area contributed by atoms with Crippen LogP contribution >= 0.6 is 15.9 Å². The van der Waals surface area contributed by atoms with Gasteiger partial charge in [-0.25, -0.2) is 0 Å². The summed E-state index contributed by atoms with van der Waals surface area (Å²) in [5.41, 5.74) is 0.828. The first kappa shape index (κ1) is 15.2. The van der Waals surface area contributed by atoms with Crippen molar-refractivity contribution >= 4 is 21.8 Å². The number of carbonyl (C=O) groups is 1. The SMILES string of the molecule is CCC(C(=O)NC(C)(C)C(C)Br)c1ccccc1. The molecule has 0 aliphatic carbocycles. The Labute approximate surface area is 118 Å². The molecule has 1 aromatic rings. The summed E-state index contributed by atoms with van der Waals surface area (Å²) in [4.78, 5) is 12.6. The zero-order valence-electron chi connectivity index (χ0n) is 11.5. The normalized spacial score (nSPS) is 14.9. The minimum absolute atomic E-state index is 0.0725. The summed E-state index contributed by atoms with van der Waals surface area (Å²) in [6.07, 6.45) is 0.808. The molecule has 0 aliphatic rings. The Morgan fingerprint density at radius 2 is 1.89 bits per heavy atom. The maximum Gasteiger partial charge on any atom is 0.227 e. The number of alkyl halides is 1. The minimum Gasteiger partial charge on any atom is -0.350 e. The van der Waals surface area contributed by atoms with Gasteiger partial charge >= 0.3 is 0 Å². The fourth-order valence-corrected chi connectivity index (χ4v) is 1.88. The average molecular weight is 312 g/mol. The molecule has 0 heterocycles. The minimum atomic E-state index is -0.251. The highest BCUT2D eigenvalue weighted by molar-refractivity contribution is 9.09. The summed E-state index contributed by atoms with van der Waals surface area (Å²) >= 11 is 3.54. The molecule has 100 valence electrons. The molecule has 18 heavy (non-hydrogen) atoms. The lowest BCUT2D eigenvalue weighted by Gasteiger charge is -2.31. The van der Waals surface area contributed by atoms with E-state index in [1.165, 1.54) is 0 Å². The van der Waals surface area contributed by atoms with E-state index in [9.17, 15) is 4.79 Å². The van der Waals surface area contributed by atoms with Crippen LogP contribution in [0.25, 0.3) is 0 Å². The molecular weight excluding hydrogens is 290 g/mol.